The quantitative estimate of drug-likeness (QED) is 0.270. The average molecular weight is 695 g/mol. The highest BCUT2D eigenvalue weighted by atomic mass is 35.5. The molecule has 49 heavy (non-hydrogen) atoms. The van der Waals surface area contributed by atoms with E-state index >= 15 is 8.78 Å². The molecule has 1 unspecified atom stereocenters. The van der Waals surface area contributed by atoms with Crippen molar-refractivity contribution < 1.29 is 27.9 Å². The number of ether oxygens (including phenoxy) is 1. The smallest absolute Gasteiger partial charge is 0.291 e. The van der Waals surface area contributed by atoms with Gasteiger partial charge >= 0.3 is 0 Å². The number of carbonyl (C=O) groups excluding carboxylic acids is 3. The van der Waals surface area contributed by atoms with E-state index in [0.717, 1.165) is 19.4 Å². The maximum atomic E-state index is 15.5. The minimum Gasteiger partial charge on any atom is -0.383 e. The molecular formula is C34H37ClF2N8O4. The average Bonchev–Trinajstić information content (AvgIpc) is 3.86. The molecule has 0 spiro atoms. The molecule has 0 saturated carbocycles. The SMILES string of the molecule is COCCn1ncc(-c2ccc(-c3cnc(C(=O)Nc4ccc(C(=O)N5CCN(C(=O)C6CCCN6)CC5)c(Cl)c4)n3C)c(F)c2F)c1C. The van der Waals surface area contributed by atoms with Gasteiger partial charge in [0.15, 0.2) is 17.5 Å². The topological polar surface area (TPSA) is 127 Å². The van der Waals surface area contributed by atoms with E-state index in [1.807, 2.05) is 0 Å². The molecule has 4 heterocycles. The van der Waals surface area contributed by atoms with E-state index in [9.17, 15) is 14.4 Å². The lowest BCUT2D eigenvalue weighted by Crippen LogP contribution is -2.54. The molecule has 2 aromatic carbocycles. The highest BCUT2D eigenvalue weighted by Gasteiger charge is 2.31. The van der Waals surface area contributed by atoms with Crippen LogP contribution in [0.4, 0.5) is 14.5 Å². The number of imidazole rings is 1. The number of piperazine rings is 1. The fraction of sp³-hybridized carbons (Fsp3) is 0.382. The summed E-state index contributed by atoms with van der Waals surface area (Å²) in [6.07, 6.45) is 4.60. The molecule has 0 radical (unpaired) electrons. The first-order valence-electron chi connectivity index (χ1n) is 16.0. The molecule has 0 bridgehead atoms. The Morgan fingerprint density at radius 1 is 1.02 bits per heavy atom. The Hall–Kier alpha value is -4.66. The van der Waals surface area contributed by atoms with Crippen molar-refractivity contribution in [2.45, 2.75) is 32.4 Å². The van der Waals surface area contributed by atoms with Gasteiger partial charge in [-0.1, -0.05) is 17.7 Å². The lowest BCUT2D eigenvalue weighted by atomic mass is 10.0. The lowest BCUT2D eigenvalue weighted by molar-refractivity contribution is -0.134. The molecule has 6 rings (SSSR count). The van der Waals surface area contributed by atoms with Gasteiger partial charge in [0.2, 0.25) is 5.91 Å². The van der Waals surface area contributed by atoms with Crippen LogP contribution in [0, 0.1) is 18.6 Å². The molecular weight excluding hydrogens is 658 g/mol. The Morgan fingerprint density at radius 2 is 1.73 bits per heavy atom. The van der Waals surface area contributed by atoms with Crippen molar-refractivity contribution in [2.75, 3.05) is 51.8 Å². The van der Waals surface area contributed by atoms with Crippen LogP contribution in [0.25, 0.3) is 22.4 Å². The number of amides is 3. The Kier molecular flexibility index (Phi) is 10.1. The molecule has 2 saturated heterocycles. The maximum absolute atomic E-state index is 15.5. The zero-order chi connectivity index (χ0) is 34.8. The van der Waals surface area contributed by atoms with Gasteiger partial charge in [0, 0.05) is 68.4 Å². The molecule has 2 aliphatic rings. The number of methoxy groups -OCH3 is 1. The minimum absolute atomic E-state index is 0.0503. The maximum Gasteiger partial charge on any atom is 0.291 e. The van der Waals surface area contributed by atoms with Gasteiger partial charge in [0.25, 0.3) is 11.8 Å². The van der Waals surface area contributed by atoms with Crippen LogP contribution < -0.4 is 10.6 Å². The van der Waals surface area contributed by atoms with Gasteiger partial charge in [-0.2, -0.15) is 5.10 Å². The van der Waals surface area contributed by atoms with Crippen LogP contribution in [0.1, 0.15) is 39.5 Å². The normalized spacial score (nSPS) is 16.3. The van der Waals surface area contributed by atoms with Gasteiger partial charge in [-0.3, -0.25) is 19.1 Å². The van der Waals surface area contributed by atoms with Gasteiger partial charge in [0.05, 0.1) is 47.9 Å². The van der Waals surface area contributed by atoms with Gasteiger partial charge in [0.1, 0.15) is 0 Å². The van der Waals surface area contributed by atoms with Crippen molar-refractivity contribution in [3.05, 3.63) is 76.5 Å². The van der Waals surface area contributed by atoms with E-state index in [-0.39, 0.29) is 51.1 Å². The van der Waals surface area contributed by atoms with Crippen LogP contribution in [0.2, 0.25) is 5.02 Å². The number of nitrogens with one attached hydrogen (secondary N) is 2. The van der Waals surface area contributed by atoms with E-state index in [1.165, 1.54) is 48.3 Å². The van der Waals surface area contributed by atoms with Crippen LogP contribution >= 0.6 is 11.6 Å². The number of carbonyl (C=O) groups is 3. The molecule has 0 aliphatic carbocycles. The number of hydrogen-bond donors (Lipinski definition) is 2. The van der Waals surface area contributed by atoms with E-state index in [2.05, 4.69) is 20.7 Å². The van der Waals surface area contributed by atoms with Gasteiger partial charge in [-0.05, 0) is 50.6 Å². The van der Waals surface area contributed by atoms with Crippen LogP contribution in [-0.2, 0) is 23.1 Å². The first-order chi connectivity index (χ1) is 23.6. The lowest BCUT2D eigenvalue weighted by Gasteiger charge is -2.36. The molecule has 15 heteroatoms. The summed E-state index contributed by atoms with van der Waals surface area (Å²) < 4.78 is 39.0. The zero-order valence-corrected chi connectivity index (χ0v) is 28.2. The van der Waals surface area contributed by atoms with E-state index in [0.29, 0.717) is 56.3 Å². The molecule has 3 amide bonds. The summed E-state index contributed by atoms with van der Waals surface area (Å²) in [6.45, 7) is 5.18. The monoisotopic (exact) mass is 694 g/mol. The van der Waals surface area contributed by atoms with Crippen molar-refractivity contribution in [3.63, 3.8) is 0 Å². The van der Waals surface area contributed by atoms with Crippen molar-refractivity contribution in [2.24, 2.45) is 7.05 Å². The molecule has 258 valence electrons. The molecule has 1 atom stereocenters. The van der Waals surface area contributed by atoms with Gasteiger partial charge in [-0.15, -0.1) is 0 Å². The number of rotatable bonds is 9. The minimum atomic E-state index is -1.08. The number of hydrogen-bond acceptors (Lipinski definition) is 7. The second-order valence-corrected chi connectivity index (χ2v) is 12.5. The van der Waals surface area contributed by atoms with E-state index in [4.69, 9.17) is 16.3 Å². The summed E-state index contributed by atoms with van der Waals surface area (Å²) in [7, 11) is 3.10. The first-order valence-corrected chi connectivity index (χ1v) is 16.4. The Morgan fingerprint density at radius 3 is 2.43 bits per heavy atom. The molecule has 2 N–H and O–H groups in total. The third kappa shape index (κ3) is 6.80. The first kappa shape index (κ1) is 34.2. The zero-order valence-electron chi connectivity index (χ0n) is 27.4. The number of halogens is 3. The Bertz CT molecular complexity index is 1900. The van der Waals surface area contributed by atoms with Crippen molar-refractivity contribution in [3.8, 4) is 22.4 Å². The third-order valence-corrected chi connectivity index (χ3v) is 9.46. The van der Waals surface area contributed by atoms with E-state index < -0.39 is 17.5 Å². The molecule has 4 aromatic rings. The summed E-state index contributed by atoms with van der Waals surface area (Å²) in [6, 6.07) is 7.33. The van der Waals surface area contributed by atoms with Crippen LogP contribution in [0.15, 0.2) is 42.7 Å². The second kappa shape index (κ2) is 14.4. The summed E-state index contributed by atoms with van der Waals surface area (Å²) in [5.74, 6) is -2.98. The summed E-state index contributed by atoms with van der Waals surface area (Å²) in [4.78, 5) is 46.8. The summed E-state index contributed by atoms with van der Waals surface area (Å²) in [5, 5.41) is 10.3. The van der Waals surface area contributed by atoms with Crippen LogP contribution in [-0.4, -0.2) is 99.3 Å². The van der Waals surface area contributed by atoms with Crippen molar-refractivity contribution in [1.82, 2.24) is 34.4 Å². The fourth-order valence-corrected chi connectivity index (χ4v) is 6.57. The predicted octanol–water partition coefficient (Wildman–Crippen LogP) is 4.13. The largest absolute Gasteiger partial charge is 0.383 e. The highest BCUT2D eigenvalue weighted by Crippen LogP contribution is 2.33. The number of aromatic nitrogens is 4. The highest BCUT2D eigenvalue weighted by molar-refractivity contribution is 6.34. The number of anilines is 1. The Labute approximate surface area is 287 Å². The number of nitrogens with zero attached hydrogens (tertiary/aromatic N) is 6. The number of benzene rings is 2. The fourth-order valence-electron chi connectivity index (χ4n) is 6.31. The second-order valence-electron chi connectivity index (χ2n) is 12.1. The molecule has 2 aliphatic heterocycles. The van der Waals surface area contributed by atoms with E-state index in [1.54, 1.807) is 34.6 Å². The summed E-state index contributed by atoms with van der Waals surface area (Å²) >= 11 is 6.50. The standard InChI is InChI=1S/C34H37ClF2N8O4/c1-20-25(18-40-45(20)15-16-49-3)22-8-9-24(30(37)29(22)36)28-19-39-31(42(28)2)32(46)41-21-6-7-23(26(35)17-21)33(47)43-11-13-44(14-12-43)34(48)27-5-4-10-38-27/h6-9,17-19,27,38H,4-5,10-16H2,1-3H3,(H,41,46). The van der Waals surface area contributed by atoms with Crippen molar-refractivity contribution in [1.29, 1.82) is 0 Å². The predicted molar refractivity (Wildman–Crippen MR) is 179 cm³/mol. The van der Waals surface area contributed by atoms with Gasteiger partial charge in [-0.25, -0.2) is 13.8 Å². The Balaban J connectivity index is 1.11. The van der Waals surface area contributed by atoms with Crippen molar-refractivity contribution >= 4 is 35.0 Å². The molecule has 2 aromatic heterocycles. The van der Waals surface area contributed by atoms with Gasteiger partial charge < -0.3 is 29.7 Å². The molecule has 12 nitrogen and oxygen atoms in total. The third-order valence-electron chi connectivity index (χ3n) is 9.14. The van der Waals surface area contributed by atoms with Crippen LogP contribution in [0.5, 0.6) is 0 Å². The summed E-state index contributed by atoms with van der Waals surface area (Å²) in [5.41, 5.74) is 1.92. The van der Waals surface area contributed by atoms with Crippen LogP contribution in [0.3, 0.4) is 0 Å². The molecule has 2 fully saturated rings.